The normalized spacial score (nSPS) is 16.3. The Morgan fingerprint density at radius 3 is 2.58 bits per heavy atom. The molecule has 0 saturated carbocycles. The lowest BCUT2D eigenvalue weighted by atomic mass is 10.2. The van der Waals surface area contributed by atoms with Crippen LogP contribution in [0.25, 0.3) is 0 Å². The summed E-state index contributed by atoms with van der Waals surface area (Å²) in [4.78, 5) is 14.0. The highest BCUT2D eigenvalue weighted by molar-refractivity contribution is 6.35. The van der Waals surface area contributed by atoms with Crippen LogP contribution in [0.5, 0.6) is 11.5 Å². The lowest BCUT2D eigenvalue weighted by Gasteiger charge is -2.28. The molecule has 31 heavy (non-hydrogen) atoms. The minimum absolute atomic E-state index is 0.101. The molecule has 0 saturated heterocycles. The summed E-state index contributed by atoms with van der Waals surface area (Å²) in [7, 11) is 1.51. The van der Waals surface area contributed by atoms with Gasteiger partial charge in [-0.3, -0.25) is 4.90 Å². The van der Waals surface area contributed by atoms with Gasteiger partial charge in [0.2, 0.25) is 0 Å². The Morgan fingerprint density at radius 1 is 1.16 bits per heavy atom. The maximum Gasteiger partial charge on any atom is 0.328 e. The molecule has 2 aromatic carbocycles. The maximum atomic E-state index is 12.6. The number of ether oxygens (including phenoxy) is 3. The minimum atomic E-state index is -0.982. The fourth-order valence-corrected chi connectivity index (χ4v) is 3.23. The number of amides is 2. The summed E-state index contributed by atoms with van der Waals surface area (Å²) in [6.07, 6.45) is 2.74. The van der Waals surface area contributed by atoms with Crippen LogP contribution in [0, 0.1) is 0 Å². The number of urea groups is 1. The van der Waals surface area contributed by atoms with Gasteiger partial charge in [-0.2, -0.15) is 0 Å². The number of nitrogens with zero attached hydrogens (tertiary/aromatic N) is 1. The number of carbonyl (C=O) groups is 1. The molecule has 0 bridgehead atoms. The van der Waals surface area contributed by atoms with Gasteiger partial charge in [0.05, 0.1) is 25.0 Å². The lowest BCUT2D eigenvalue weighted by Crippen LogP contribution is -2.46. The molecule has 2 amide bonds. The molecule has 7 nitrogen and oxygen atoms in total. The quantitative estimate of drug-likeness (QED) is 0.587. The van der Waals surface area contributed by atoms with E-state index in [2.05, 4.69) is 5.32 Å². The number of aliphatic hydroxyl groups is 1. The first-order chi connectivity index (χ1) is 14.7. The number of anilines is 1. The van der Waals surface area contributed by atoms with Crippen LogP contribution in [0.4, 0.5) is 10.5 Å². The van der Waals surface area contributed by atoms with Crippen LogP contribution < -0.4 is 19.7 Å². The third-order valence-corrected chi connectivity index (χ3v) is 4.92. The Bertz CT molecular complexity index is 975. The van der Waals surface area contributed by atoms with E-state index >= 15 is 0 Å². The number of rotatable bonds is 8. The summed E-state index contributed by atoms with van der Waals surface area (Å²) >= 11 is 12.1. The molecular formula is C22H24Cl2N2O5. The second-order valence-corrected chi connectivity index (χ2v) is 8.41. The summed E-state index contributed by atoms with van der Waals surface area (Å²) in [6, 6.07) is 9.87. The second-order valence-electron chi connectivity index (χ2n) is 7.56. The van der Waals surface area contributed by atoms with Crippen molar-refractivity contribution in [3.05, 3.63) is 64.3 Å². The summed E-state index contributed by atoms with van der Waals surface area (Å²) in [5.41, 5.74) is 0.368. The molecule has 0 spiro atoms. The zero-order valence-corrected chi connectivity index (χ0v) is 18.9. The molecule has 1 heterocycles. The van der Waals surface area contributed by atoms with Crippen LogP contribution >= 0.6 is 23.2 Å². The van der Waals surface area contributed by atoms with E-state index in [0.717, 1.165) is 5.56 Å². The van der Waals surface area contributed by atoms with E-state index in [1.54, 1.807) is 62.5 Å². The highest BCUT2D eigenvalue weighted by Crippen LogP contribution is 2.33. The molecule has 1 atom stereocenters. The molecule has 1 aliphatic rings. The zero-order chi connectivity index (χ0) is 22.6. The van der Waals surface area contributed by atoms with Gasteiger partial charge < -0.3 is 24.6 Å². The van der Waals surface area contributed by atoms with Crippen LogP contribution in [0.3, 0.4) is 0 Å². The standard InChI is InChI=1S/C22H24Cl2N2O5/c1-22(2,28)13-31-18-7-6-16(11-19(18)29-3)26-9-8-20(25-21(26)27)30-12-14-4-5-15(23)10-17(14)24/h4-11,20,28H,12-13H2,1-3H3,(H,25,27). The average molecular weight is 467 g/mol. The highest BCUT2D eigenvalue weighted by Gasteiger charge is 2.23. The van der Waals surface area contributed by atoms with Crippen LogP contribution in [-0.2, 0) is 11.3 Å². The molecular weight excluding hydrogens is 443 g/mol. The predicted octanol–water partition coefficient (Wildman–Crippen LogP) is 4.74. The number of halogens is 2. The Kier molecular flexibility index (Phi) is 7.33. The minimum Gasteiger partial charge on any atom is -0.493 e. The third-order valence-electron chi connectivity index (χ3n) is 4.33. The Balaban J connectivity index is 1.66. The largest absolute Gasteiger partial charge is 0.493 e. The van der Waals surface area contributed by atoms with E-state index in [1.807, 2.05) is 0 Å². The number of carbonyl (C=O) groups excluding carboxylic acids is 1. The van der Waals surface area contributed by atoms with E-state index in [-0.39, 0.29) is 19.2 Å². The fraction of sp³-hybridized carbons (Fsp3) is 0.318. The molecule has 0 aromatic heterocycles. The molecule has 9 heteroatoms. The highest BCUT2D eigenvalue weighted by atomic mass is 35.5. The monoisotopic (exact) mass is 466 g/mol. The average Bonchev–Trinajstić information content (AvgIpc) is 2.71. The van der Waals surface area contributed by atoms with Crippen LogP contribution in [0.1, 0.15) is 19.4 Å². The van der Waals surface area contributed by atoms with Gasteiger partial charge in [0, 0.05) is 22.3 Å². The summed E-state index contributed by atoms with van der Waals surface area (Å²) in [5.74, 6) is 0.912. The first-order valence-electron chi connectivity index (χ1n) is 9.53. The summed E-state index contributed by atoms with van der Waals surface area (Å²) in [5, 5.41) is 13.7. The molecule has 1 unspecified atom stereocenters. The number of hydrogen-bond donors (Lipinski definition) is 2. The van der Waals surface area contributed by atoms with Crippen molar-refractivity contribution in [1.29, 1.82) is 0 Å². The van der Waals surface area contributed by atoms with Crippen molar-refractivity contribution in [2.45, 2.75) is 32.3 Å². The van der Waals surface area contributed by atoms with Crippen molar-refractivity contribution >= 4 is 34.9 Å². The van der Waals surface area contributed by atoms with Gasteiger partial charge in [-0.15, -0.1) is 0 Å². The van der Waals surface area contributed by atoms with E-state index < -0.39 is 11.8 Å². The molecule has 3 rings (SSSR count). The zero-order valence-electron chi connectivity index (χ0n) is 17.4. The van der Waals surface area contributed by atoms with Crippen LogP contribution in [0.2, 0.25) is 10.0 Å². The van der Waals surface area contributed by atoms with Gasteiger partial charge >= 0.3 is 6.03 Å². The van der Waals surface area contributed by atoms with Crippen molar-refractivity contribution in [2.75, 3.05) is 18.6 Å². The maximum absolute atomic E-state index is 12.6. The molecule has 2 N–H and O–H groups in total. The van der Waals surface area contributed by atoms with E-state index in [0.29, 0.717) is 27.2 Å². The van der Waals surface area contributed by atoms with Crippen molar-refractivity contribution in [2.24, 2.45) is 0 Å². The molecule has 0 aliphatic carbocycles. The van der Waals surface area contributed by atoms with Crippen LogP contribution in [-0.4, -0.2) is 36.7 Å². The molecule has 166 valence electrons. The van der Waals surface area contributed by atoms with Gasteiger partial charge in [-0.25, -0.2) is 4.79 Å². The molecule has 1 aliphatic heterocycles. The smallest absolute Gasteiger partial charge is 0.328 e. The topological polar surface area (TPSA) is 80.3 Å². The number of benzene rings is 2. The van der Waals surface area contributed by atoms with Crippen LogP contribution in [0.15, 0.2) is 48.7 Å². The van der Waals surface area contributed by atoms with Gasteiger partial charge in [-0.05, 0) is 49.8 Å². The van der Waals surface area contributed by atoms with Crippen molar-refractivity contribution in [3.8, 4) is 11.5 Å². The van der Waals surface area contributed by atoms with Crippen molar-refractivity contribution < 1.29 is 24.1 Å². The van der Waals surface area contributed by atoms with E-state index in [1.165, 1.54) is 12.0 Å². The van der Waals surface area contributed by atoms with Crippen molar-refractivity contribution in [3.63, 3.8) is 0 Å². The number of hydrogen-bond acceptors (Lipinski definition) is 5. The molecule has 0 fully saturated rings. The Hall–Kier alpha value is -2.45. The first kappa shape index (κ1) is 23.2. The Morgan fingerprint density at radius 2 is 1.94 bits per heavy atom. The molecule has 0 radical (unpaired) electrons. The van der Waals surface area contributed by atoms with Gasteiger partial charge in [0.25, 0.3) is 0 Å². The first-order valence-corrected chi connectivity index (χ1v) is 10.3. The summed E-state index contributed by atoms with van der Waals surface area (Å²) in [6.45, 7) is 3.61. The lowest BCUT2D eigenvalue weighted by molar-refractivity contribution is 0.0276. The van der Waals surface area contributed by atoms with E-state index in [4.69, 9.17) is 37.4 Å². The van der Waals surface area contributed by atoms with Crippen molar-refractivity contribution in [1.82, 2.24) is 5.32 Å². The number of methoxy groups -OCH3 is 1. The second kappa shape index (κ2) is 9.78. The van der Waals surface area contributed by atoms with Gasteiger partial charge in [0.15, 0.2) is 17.7 Å². The molecule has 2 aromatic rings. The number of nitrogens with one attached hydrogen (secondary N) is 1. The van der Waals surface area contributed by atoms with E-state index in [9.17, 15) is 9.90 Å². The Labute approximate surface area is 191 Å². The summed E-state index contributed by atoms with van der Waals surface area (Å²) < 4.78 is 16.7. The SMILES string of the molecule is COc1cc(N2C=CC(OCc3ccc(Cl)cc3Cl)NC2=O)ccc1OCC(C)(C)O. The van der Waals surface area contributed by atoms with Gasteiger partial charge in [-0.1, -0.05) is 29.3 Å². The fourth-order valence-electron chi connectivity index (χ4n) is 2.77. The predicted molar refractivity (Wildman–Crippen MR) is 120 cm³/mol. The van der Waals surface area contributed by atoms with Gasteiger partial charge in [0.1, 0.15) is 6.61 Å². The third kappa shape index (κ3) is 6.27.